The van der Waals surface area contributed by atoms with E-state index in [1.807, 2.05) is 24.3 Å². The Hall–Kier alpha value is -2.83. The molecule has 144 valence electrons. The molecule has 0 bridgehead atoms. The molecule has 7 nitrogen and oxygen atoms in total. The summed E-state index contributed by atoms with van der Waals surface area (Å²) in [6.45, 7) is 5.87. The van der Waals surface area contributed by atoms with Crippen molar-refractivity contribution in [1.29, 1.82) is 0 Å². The number of methoxy groups -OCH3 is 1. The minimum absolute atomic E-state index is 0.303. The van der Waals surface area contributed by atoms with Gasteiger partial charge in [-0.15, -0.1) is 0 Å². The summed E-state index contributed by atoms with van der Waals surface area (Å²) in [4.78, 5) is 13.0. The number of nitrogens with one attached hydrogen (secondary N) is 2. The van der Waals surface area contributed by atoms with Crippen LogP contribution in [0.5, 0.6) is 5.75 Å². The topological polar surface area (TPSA) is 97.5 Å². The van der Waals surface area contributed by atoms with Gasteiger partial charge in [-0.2, -0.15) is 9.97 Å². The number of nitrogens with two attached hydrogens (primary N) is 1. The van der Waals surface area contributed by atoms with Crippen molar-refractivity contribution in [1.82, 2.24) is 9.97 Å². The van der Waals surface area contributed by atoms with E-state index in [4.69, 9.17) is 10.5 Å². The van der Waals surface area contributed by atoms with E-state index in [-0.39, 0.29) is 0 Å². The van der Waals surface area contributed by atoms with E-state index in [0.717, 1.165) is 24.3 Å². The van der Waals surface area contributed by atoms with Crippen molar-refractivity contribution in [2.75, 3.05) is 23.5 Å². The second-order valence-corrected chi connectivity index (χ2v) is 6.85. The van der Waals surface area contributed by atoms with Gasteiger partial charge < -0.3 is 21.1 Å². The zero-order valence-electron chi connectivity index (χ0n) is 16.0. The van der Waals surface area contributed by atoms with Crippen LogP contribution < -0.4 is 21.1 Å². The van der Waals surface area contributed by atoms with Crippen molar-refractivity contribution in [2.45, 2.75) is 45.1 Å². The molecule has 0 aliphatic heterocycles. The van der Waals surface area contributed by atoms with Crippen LogP contribution in [0.15, 0.2) is 29.3 Å². The molecule has 27 heavy (non-hydrogen) atoms. The number of nitrogen functional groups attached to an aromatic ring is 1. The highest BCUT2D eigenvalue weighted by Gasteiger charge is 2.25. The molecule has 3 rings (SSSR count). The van der Waals surface area contributed by atoms with Crippen LogP contribution in [-0.4, -0.2) is 29.8 Å². The number of ether oxygens (including phenoxy) is 1. The molecular formula is C20H28N6O. The van der Waals surface area contributed by atoms with Crippen LogP contribution in [0.3, 0.4) is 0 Å². The molecule has 2 aromatic rings. The van der Waals surface area contributed by atoms with Crippen molar-refractivity contribution in [3.63, 3.8) is 0 Å². The monoisotopic (exact) mass is 368 g/mol. The molecule has 0 saturated heterocycles. The minimum Gasteiger partial charge on any atom is -0.497 e. The average Bonchev–Trinajstić information content (AvgIpc) is 2.68. The van der Waals surface area contributed by atoms with E-state index in [0.29, 0.717) is 35.2 Å². The van der Waals surface area contributed by atoms with Crippen LogP contribution in [0.2, 0.25) is 0 Å². The molecule has 0 radical (unpaired) electrons. The summed E-state index contributed by atoms with van der Waals surface area (Å²) < 4.78 is 5.26. The molecule has 4 N–H and O–H groups in total. The van der Waals surface area contributed by atoms with Crippen molar-refractivity contribution in [3.8, 4) is 5.75 Å². The Bertz CT molecular complexity index is 794. The molecule has 1 aromatic heterocycles. The van der Waals surface area contributed by atoms with Gasteiger partial charge in [0.25, 0.3) is 0 Å². The third-order valence-electron chi connectivity index (χ3n) is 5.15. The number of hydrogen-bond donors (Lipinski definition) is 3. The molecule has 1 aliphatic carbocycles. The van der Waals surface area contributed by atoms with Crippen LogP contribution in [-0.2, 0) is 0 Å². The molecule has 1 aromatic carbocycles. The Morgan fingerprint density at radius 1 is 1.30 bits per heavy atom. The lowest BCUT2D eigenvalue weighted by atomic mass is 9.83. The van der Waals surface area contributed by atoms with Gasteiger partial charge in [0, 0.05) is 17.8 Å². The molecular weight excluding hydrogens is 340 g/mol. The molecule has 1 heterocycles. The number of rotatable bonds is 7. The van der Waals surface area contributed by atoms with Crippen LogP contribution in [0.25, 0.3) is 0 Å². The number of anilines is 4. The first-order valence-corrected chi connectivity index (χ1v) is 9.46. The maximum Gasteiger partial charge on any atom is 0.231 e. The summed E-state index contributed by atoms with van der Waals surface area (Å²) in [5.74, 6) is 2.73. The third-order valence-corrected chi connectivity index (χ3v) is 5.15. The number of aromatic nitrogens is 2. The van der Waals surface area contributed by atoms with Gasteiger partial charge in [0.1, 0.15) is 11.4 Å². The molecule has 7 heteroatoms. The van der Waals surface area contributed by atoms with Crippen molar-refractivity contribution < 1.29 is 4.74 Å². The van der Waals surface area contributed by atoms with E-state index >= 15 is 0 Å². The van der Waals surface area contributed by atoms with E-state index in [9.17, 15) is 0 Å². The molecule has 2 atom stereocenters. The highest BCUT2D eigenvalue weighted by Crippen LogP contribution is 2.35. The molecule has 1 aliphatic rings. The van der Waals surface area contributed by atoms with Gasteiger partial charge in [0.2, 0.25) is 5.95 Å². The first-order valence-electron chi connectivity index (χ1n) is 9.46. The smallest absolute Gasteiger partial charge is 0.231 e. The van der Waals surface area contributed by atoms with E-state index in [2.05, 4.69) is 39.2 Å². The Morgan fingerprint density at radius 3 is 2.85 bits per heavy atom. The number of hydrogen-bond acceptors (Lipinski definition) is 7. The van der Waals surface area contributed by atoms with E-state index in [1.54, 1.807) is 7.11 Å². The number of aliphatic imine (C=N–C) groups is 1. The van der Waals surface area contributed by atoms with Crippen LogP contribution >= 0.6 is 0 Å². The Morgan fingerprint density at radius 2 is 2.11 bits per heavy atom. The second kappa shape index (κ2) is 8.70. The van der Waals surface area contributed by atoms with Crippen molar-refractivity contribution in [2.24, 2.45) is 10.9 Å². The Labute approximate surface area is 160 Å². The summed E-state index contributed by atoms with van der Waals surface area (Å²) in [5.41, 5.74) is 7.45. The van der Waals surface area contributed by atoms with Gasteiger partial charge in [0.05, 0.1) is 7.11 Å². The summed E-state index contributed by atoms with van der Waals surface area (Å²) in [5, 5.41) is 6.75. The standard InChI is InChI=1S/C20H28N6O/c1-4-13-8-5-6-11-16(13)24-19-17(22-2)18(21)25-20(26-19)23-14-9-7-10-15(12-14)27-3/h7,9-10,12-13,16H,2,4-6,8,11H2,1,3H3,(H4,21,23,24,25,26). The predicted octanol–water partition coefficient (Wildman–Crippen LogP) is 4.52. The summed E-state index contributed by atoms with van der Waals surface area (Å²) in [6, 6.07) is 7.94. The zero-order chi connectivity index (χ0) is 19.2. The van der Waals surface area contributed by atoms with E-state index in [1.165, 1.54) is 19.3 Å². The van der Waals surface area contributed by atoms with Gasteiger partial charge in [0.15, 0.2) is 11.6 Å². The highest BCUT2D eigenvalue weighted by molar-refractivity contribution is 5.76. The lowest BCUT2D eigenvalue weighted by Gasteiger charge is -2.32. The van der Waals surface area contributed by atoms with Crippen molar-refractivity contribution in [3.05, 3.63) is 24.3 Å². The Kier molecular flexibility index (Phi) is 6.11. The van der Waals surface area contributed by atoms with Gasteiger partial charge >= 0.3 is 0 Å². The molecule has 2 unspecified atom stereocenters. The minimum atomic E-state index is 0.303. The van der Waals surface area contributed by atoms with E-state index < -0.39 is 0 Å². The SMILES string of the molecule is C=Nc1c(N)nc(Nc2cccc(OC)c2)nc1NC1CCCCC1CC. The van der Waals surface area contributed by atoms with Gasteiger partial charge in [-0.1, -0.05) is 32.3 Å². The van der Waals surface area contributed by atoms with Gasteiger partial charge in [-0.05, 0) is 37.6 Å². The lowest BCUT2D eigenvalue weighted by molar-refractivity contribution is 0.317. The first kappa shape index (κ1) is 18.9. The zero-order valence-corrected chi connectivity index (χ0v) is 16.0. The number of nitrogens with zero attached hydrogens (tertiary/aromatic N) is 3. The molecule has 0 amide bonds. The molecule has 1 saturated carbocycles. The maximum atomic E-state index is 6.13. The largest absolute Gasteiger partial charge is 0.497 e. The van der Waals surface area contributed by atoms with Crippen LogP contribution in [0.1, 0.15) is 39.0 Å². The average molecular weight is 368 g/mol. The van der Waals surface area contributed by atoms with Crippen LogP contribution in [0.4, 0.5) is 29.0 Å². The third kappa shape index (κ3) is 4.48. The summed E-state index contributed by atoms with van der Waals surface area (Å²) >= 11 is 0. The summed E-state index contributed by atoms with van der Waals surface area (Å²) in [7, 11) is 1.63. The summed E-state index contributed by atoms with van der Waals surface area (Å²) in [6.07, 6.45) is 6.01. The fraction of sp³-hybridized carbons (Fsp3) is 0.450. The number of benzene rings is 1. The lowest BCUT2D eigenvalue weighted by Crippen LogP contribution is -2.32. The quantitative estimate of drug-likeness (QED) is 0.622. The first-order chi connectivity index (χ1) is 13.1. The molecule has 1 fully saturated rings. The van der Waals surface area contributed by atoms with Crippen LogP contribution in [0, 0.1) is 5.92 Å². The fourth-order valence-corrected chi connectivity index (χ4v) is 3.68. The van der Waals surface area contributed by atoms with Gasteiger partial charge in [-0.3, -0.25) is 4.99 Å². The highest BCUT2D eigenvalue weighted by atomic mass is 16.5. The second-order valence-electron chi connectivity index (χ2n) is 6.85. The predicted molar refractivity (Wildman–Crippen MR) is 112 cm³/mol. The maximum absolute atomic E-state index is 6.13. The molecule has 0 spiro atoms. The fourth-order valence-electron chi connectivity index (χ4n) is 3.68. The Balaban J connectivity index is 1.87. The normalized spacial score (nSPS) is 19.3. The van der Waals surface area contributed by atoms with Gasteiger partial charge in [-0.25, -0.2) is 0 Å². The van der Waals surface area contributed by atoms with Crippen molar-refractivity contribution >= 4 is 35.7 Å².